The molecule has 0 unspecified atom stereocenters. The molecule has 0 spiro atoms. The Morgan fingerprint density at radius 3 is 2.49 bits per heavy atom. The van der Waals surface area contributed by atoms with Crippen molar-refractivity contribution in [2.24, 2.45) is 0 Å². The summed E-state index contributed by atoms with van der Waals surface area (Å²) in [5, 5.41) is 5.37. The Bertz CT molecular complexity index is 1420. The second-order valence-electron chi connectivity index (χ2n) is 8.62. The molecule has 39 heavy (non-hydrogen) atoms. The van der Waals surface area contributed by atoms with Crippen molar-refractivity contribution in [3.05, 3.63) is 90.2 Å². The number of carbonyl (C=O) groups excluding carboxylic acids is 3. The Labute approximate surface area is 254 Å². The van der Waals surface area contributed by atoms with E-state index in [1.54, 1.807) is 18.2 Å². The van der Waals surface area contributed by atoms with Gasteiger partial charge in [0.25, 0.3) is 5.91 Å². The molecule has 8 nitrogen and oxygen atoms in total. The van der Waals surface area contributed by atoms with E-state index in [2.05, 4.69) is 55.8 Å². The van der Waals surface area contributed by atoms with Crippen molar-refractivity contribution < 1.29 is 23.9 Å². The smallest absolute Gasteiger partial charge is 0.329 e. The first-order valence-electron chi connectivity index (χ1n) is 12.3. The van der Waals surface area contributed by atoms with E-state index in [9.17, 15) is 14.4 Å². The number of aryl methyl sites for hydroxylation is 1. The maximum atomic E-state index is 13.0. The van der Waals surface area contributed by atoms with Crippen LogP contribution in [0.25, 0.3) is 6.08 Å². The van der Waals surface area contributed by atoms with Gasteiger partial charge >= 0.3 is 6.03 Å². The second kappa shape index (κ2) is 13.3. The van der Waals surface area contributed by atoms with Crippen LogP contribution in [-0.2, 0) is 22.6 Å². The Morgan fingerprint density at radius 1 is 1.03 bits per heavy atom. The van der Waals surface area contributed by atoms with E-state index >= 15 is 0 Å². The number of benzene rings is 3. The number of nitrogens with zero attached hydrogens (tertiary/aromatic N) is 1. The number of amides is 4. The average Bonchev–Trinajstić information content (AvgIpc) is 3.16. The number of hydrogen-bond donors (Lipinski definition) is 2. The fourth-order valence-corrected chi connectivity index (χ4v) is 5.12. The molecule has 2 N–H and O–H groups in total. The van der Waals surface area contributed by atoms with Crippen LogP contribution in [0.1, 0.15) is 30.5 Å². The van der Waals surface area contributed by atoms with Crippen molar-refractivity contribution in [2.45, 2.75) is 26.9 Å². The molecule has 1 heterocycles. The van der Waals surface area contributed by atoms with Crippen LogP contribution in [-0.4, -0.2) is 35.9 Å². The summed E-state index contributed by atoms with van der Waals surface area (Å²) in [5.74, 6) is 0.101. The molecule has 0 bridgehead atoms. The van der Waals surface area contributed by atoms with Gasteiger partial charge in [-0.2, -0.15) is 0 Å². The summed E-state index contributed by atoms with van der Waals surface area (Å²) >= 11 is 4.42. The number of rotatable bonds is 10. The quantitative estimate of drug-likeness (QED) is 0.151. The van der Waals surface area contributed by atoms with Crippen LogP contribution >= 0.6 is 45.2 Å². The number of anilines is 1. The Hall–Kier alpha value is -3.13. The van der Waals surface area contributed by atoms with Gasteiger partial charge in [0, 0.05) is 9.26 Å². The molecule has 0 atom stereocenters. The highest BCUT2D eigenvalue weighted by atomic mass is 127. The lowest BCUT2D eigenvalue weighted by atomic mass is 10.1. The van der Waals surface area contributed by atoms with Gasteiger partial charge in [-0.05, 0) is 112 Å². The van der Waals surface area contributed by atoms with Crippen LogP contribution < -0.4 is 20.1 Å². The maximum Gasteiger partial charge on any atom is 0.329 e. The molecule has 0 saturated carbocycles. The monoisotopic (exact) mass is 751 g/mol. The molecule has 10 heteroatoms. The first-order chi connectivity index (χ1) is 18.8. The van der Waals surface area contributed by atoms with Gasteiger partial charge < -0.3 is 20.1 Å². The summed E-state index contributed by atoms with van der Waals surface area (Å²) in [6.45, 7) is 4.27. The number of halogens is 2. The Kier molecular flexibility index (Phi) is 9.83. The third-order valence-corrected chi connectivity index (χ3v) is 7.40. The van der Waals surface area contributed by atoms with Crippen LogP contribution in [0.2, 0.25) is 0 Å². The largest absolute Gasteiger partial charge is 0.490 e. The first kappa shape index (κ1) is 28.9. The molecule has 1 aliphatic rings. The summed E-state index contributed by atoms with van der Waals surface area (Å²) in [7, 11) is 0. The molecule has 4 amide bonds. The first-order valence-corrected chi connectivity index (χ1v) is 14.5. The summed E-state index contributed by atoms with van der Waals surface area (Å²) in [5.41, 5.74) is 3.38. The van der Waals surface area contributed by atoms with Gasteiger partial charge in [0.05, 0.1) is 10.2 Å². The molecular formula is C29H27I2N3O5. The normalized spacial score (nSPS) is 13.9. The molecule has 0 aliphatic carbocycles. The number of hydrogen-bond acceptors (Lipinski definition) is 5. The fraction of sp³-hybridized carbons (Fsp3) is 0.207. The molecule has 1 fully saturated rings. The number of imide groups is 1. The predicted molar refractivity (Wildman–Crippen MR) is 166 cm³/mol. The number of carbonyl (C=O) groups is 3. The standard InChI is InChI=1S/C29H27I2N3O5/c1-3-20-7-5-6-8-23(20)32-26(35)16-34-28(36)24(33-29(34)37)14-19-13-22(31)27(25(15-19)38-4-2)39-17-18-9-11-21(30)12-10-18/h5-15H,3-4,16-17H2,1-2H3,(H,32,35)(H,33,37)/b24-14+. The number of ether oxygens (including phenoxy) is 2. The van der Waals surface area contributed by atoms with Crippen LogP contribution in [0.4, 0.5) is 10.5 Å². The molecule has 0 aromatic heterocycles. The van der Waals surface area contributed by atoms with E-state index in [4.69, 9.17) is 9.47 Å². The highest BCUT2D eigenvalue weighted by molar-refractivity contribution is 14.1. The maximum absolute atomic E-state index is 13.0. The van der Waals surface area contributed by atoms with Crippen molar-refractivity contribution >= 4 is 74.8 Å². The summed E-state index contributed by atoms with van der Waals surface area (Å²) in [6.07, 6.45) is 2.31. The van der Waals surface area contributed by atoms with Crippen molar-refractivity contribution in [1.82, 2.24) is 10.2 Å². The van der Waals surface area contributed by atoms with Crippen LogP contribution in [0.5, 0.6) is 11.5 Å². The second-order valence-corrected chi connectivity index (χ2v) is 11.0. The number of nitrogens with one attached hydrogen (secondary N) is 2. The summed E-state index contributed by atoms with van der Waals surface area (Å²) < 4.78 is 13.9. The minimum Gasteiger partial charge on any atom is -0.490 e. The Morgan fingerprint density at radius 2 is 1.77 bits per heavy atom. The van der Waals surface area contributed by atoms with Crippen molar-refractivity contribution in [3.63, 3.8) is 0 Å². The predicted octanol–water partition coefficient (Wildman–Crippen LogP) is 5.97. The molecule has 4 rings (SSSR count). The van der Waals surface area contributed by atoms with Crippen LogP contribution in [0.3, 0.4) is 0 Å². The minimum atomic E-state index is -0.651. The van der Waals surface area contributed by atoms with Crippen molar-refractivity contribution in [2.75, 3.05) is 18.5 Å². The van der Waals surface area contributed by atoms with Gasteiger partial charge in [-0.15, -0.1) is 0 Å². The van der Waals surface area contributed by atoms with E-state index in [0.29, 0.717) is 36.0 Å². The molecular weight excluding hydrogens is 724 g/mol. The average molecular weight is 751 g/mol. The van der Waals surface area contributed by atoms with E-state index < -0.39 is 24.4 Å². The zero-order valence-electron chi connectivity index (χ0n) is 21.4. The van der Waals surface area contributed by atoms with E-state index in [-0.39, 0.29) is 5.70 Å². The van der Waals surface area contributed by atoms with Gasteiger partial charge in [-0.25, -0.2) is 9.69 Å². The highest BCUT2D eigenvalue weighted by Crippen LogP contribution is 2.36. The lowest BCUT2D eigenvalue weighted by molar-refractivity contribution is -0.127. The Balaban J connectivity index is 1.49. The molecule has 202 valence electrons. The lowest BCUT2D eigenvalue weighted by Crippen LogP contribution is -2.38. The SMILES string of the molecule is CCOc1cc(/C=C2/NC(=O)N(CC(=O)Nc3ccccc3CC)C2=O)cc(I)c1OCc1ccc(I)cc1. The topological polar surface area (TPSA) is 97.0 Å². The van der Waals surface area contributed by atoms with Crippen molar-refractivity contribution in [1.29, 1.82) is 0 Å². The van der Waals surface area contributed by atoms with Gasteiger partial charge in [-0.3, -0.25) is 9.59 Å². The van der Waals surface area contributed by atoms with Gasteiger partial charge in [0.1, 0.15) is 18.8 Å². The molecule has 3 aromatic carbocycles. The number of para-hydroxylation sites is 1. The molecule has 0 radical (unpaired) electrons. The highest BCUT2D eigenvalue weighted by Gasteiger charge is 2.35. The summed E-state index contributed by atoms with van der Waals surface area (Å²) in [6, 6.07) is 18.4. The molecule has 1 saturated heterocycles. The summed E-state index contributed by atoms with van der Waals surface area (Å²) in [4.78, 5) is 39.1. The molecule has 1 aliphatic heterocycles. The van der Waals surface area contributed by atoms with E-state index in [1.165, 1.54) is 0 Å². The fourth-order valence-electron chi connectivity index (χ4n) is 3.98. The third-order valence-electron chi connectivity index (χ3n) is 5.88. The van der Waals surface area contributed by atoms with Crippen LogP contribution in [0, 0.1) is 7.14 Å². The molecule has 3 aromatic rings. The lowest BCUT2D eigenvalue weighted by Gasteiger charge is -2.15. The van der Waals surface area contributed by atoms with Gasteiger partial charge in [0.2, 0.25) is 5.91 Å². The number of urea groups is 1. The van der Waals surface area contributed by atoms with Crippen LogP contribution in [0.15, 0.2) is 66.4 Å². The van der Waals surface area contributed by atoms with Gasteiger partial charge in [0.15, 0.2) is 11.5 Å². The minimum absolute atomic E-state index is 0.0764. The zero-order valence-corrected chi connectivity index (χ0v) is 25.7. The van der Waals surface area contributed by atoms with E-state index in [1.807, 2.05) is 62.4 Å². The van der Waals surface area contributed by atoms with E-state index in [0.717, 1.165) is 29.6 Å². The van der Waals surface area contributed by atoms with Gasteiger partial charge in [-0.1, -0.05) is 37.3 Å². The van der Waals surface area contributed by atoms with Crippen molar-refractivity contribution in [3.8, 4) is 11.5 Å². The third kappa shape index (κ3) is 7.29. The zero-order chi connectivity index (χ0) is 27.9.